The molecular formula is C9H18F2N2O. The third-order valence-corrected chi connectivity index (χ3v) is 1.83. The van der Waals surface area contributed by atoms with E-state index in [1.807, 2.05) is 13.8 Å². The minimum absolute atomic E-state index is 0.286. The van der Waals surface area contributed by atoms with Crippen molar-refractivity contribution in [1.82, 2.24) is 4.90 Å². The van der Waals surface area contributed by atoms with E-state index in [1.165, 1.54) is 7.05 Å². The summed E-state index contributed by atoms with van der Waals surface area (Å²) in [5.41, 5.74) is 5.56. The van der Waals surface area contributed by atoms with Gasteiger partial charge in [0.25, 0.3) is 6.43 Å². The summed E-state index contributed by atoms with van der Waals surface area (Å²) in [6.45, 7) is 3.31. The summed E-state index contributed by atoms with van der Waals surface area (Å²) in [7, 11) is 1.34. The number of amides is 1. The highest BCUT2D eigenvalue weighted by Crippen LogP contribution is 2.06. The van der Waals surface area contributed by atoms with Crippen LogP contribution in [0.2, 0.25) is 0 Å². The van der Waals surface area contributed by atoms with Gasteiger partial charge in [0.05, 0.1) is 12.6 Å². The number of carbonyl (C=O) groups excluding carboxylic acids is 1. The van der Waals surface area contributed by atoms with Crippen molar-refractivity contribution in [2.24, 2.45) is 11.7 Å². The Morgan fingerprint density at radius 1 is 1.43 bits per heavy atom. The van der Waals surface area contributed by atoms with Crippen LogP contribution in [-0.4, -0.2) is 36.9 Å². The van der Waals surface area contributed by atoms with Gasteiger partial charge in [0.2, 0.25) is 5.91 Å². The molecule has 0 aromatic rings. The lowest BCUT2D eigenvalue weighted by molar-refractivity contribution is -0.133. The monoisotopic (exact) mass is 208 g/mol. The van der Waals surface area contributed by atoms with Gasteiger partial charge in [0.1, 0.15) is 0 Å². The van der Waals surface area contributed by atoms with E-state index in [0.717, 1.165) is 4.90 Å². The topological polar surface area (TPSA) is 46.3 Å². The first-order valence-electron chi connectivity index (χ1n) is 4.63. The lowest BCUT2D eigenvalue weighted by Gasteiger charge is -2.21. The molecule has 0 rings (SSSR count). The second-order valence-electron chi connectivity index (χ2n) is 3.85. The smallest absolute Gasteiger partial charge is 0.255 e. The van der Waals surface area contributed by atoms with Crippen LogP contribution in [0.1, 0.15) is 20.3 Å². The van der Waals surface area contributed by atoms with Gasteiger partial charge < -0.3 is 10.6 Å². The van der Waals surface area contributed by atoms with Gasteiger partial charge in [0, 0.05) is 7.05 Å². The second-order valence-corrected chi connectivity index (χ2v) is 3.85. The van der Waals surface area contributed by atoms with Gasteiger partial charge in [-0.2, -0.15) is 0 Å². The standard InChI is InChI=1S/C9H18F2N2O/c1-6(2)4-7(12)9(14)13(3)5-8(10)11/h6-8H,4-5,12H2,1-3H3/t7-/m0/s1. The van der Waals surface area contributed by atoms with Crippen LogP contribution in [0.4, 0.5) is 8.78 Å². The minimum Gasteiger partial charge on any atom is -0.339 e. The zero-order chi connectivity index (χ0) is 11.3. The summed E-state index contributed by atoms with van der Waals surface area (Å²) in [6, 6.07) is -0.668. The molecule has 0 spiro atoms. The number of hydrogen-bond acceptors (Lipinski definition) is 2. The molecule has 1 atom stereocenters. The Balaban J connectivity index is 4.04. The third kappa shape index (κ3) is 5.11. The second kappa shape index (κ2) is 5.90. The molecule has 0 heterocycles. The molecule has 0 aliphatic carbocycles. The molecule has 0 bridgehead atoms. The molecule has 0 radical (unpaired) electrons. The summed E-state index contributed by atoms with van der Waals surface area (Å²) in [6.07, 6.45) is -1.98. The third-order valence-electron chi connectivity index (χ3n) is 1.83. The number of nitrogens with zero attached hydrogens (tertiary/aromatic N) is 1. The van der Waals surface area contributed by atoms with E-state index in [-0.39, 0.29) is 5.92 Å². The Morgan fingerprint density at radius 3 is 2.29 bits per heavy atom. The Labute approximate surface area is 83.3 Å². The quantitative estimate of drug-likeness (QED) is 0.735. The maximum absolute atomic E-state index is 11.9. The highest BCUT2D eigenvalue weighted by molar-refractivity contribution is 5.81. The molecule has 0 saturated heterocycles. The number of rotatable bonds is 5. The average Bonchev–Trinajstić information content (AvgIpc) is 2.00. The van der Waals surface area contributed by atoms with Crippen LogP contribution in [0.3, 0.4) is 0 Å². The number of nitrogens with two attached hydrogens (primary N) is 1. The van der Waals surface area contributed by atoms with E-state index in [0.29, 0.717) is 6.42 Å². The highest BCUT2D eigenvalue weighted by atomic mass is 19.3. The predicted octanol–water partition coefficient (Wildman–Crippen LogP) is 1.08. The van der Waals surface area contributed by atoms with Crippen molar-refractivity contribution in [2.75, 3.05) is 13.6 Å². The normalized spacial score (nSPS) is 13.4. The average molecular weight is 208 g/mol. The predicted molar refractivity (Wildman–Crippen MR) is 51.1 cm³/mol. The molecule has 0 aromatic carbocycles. The SMILES string of the molecule is CC(C)C[C@H](N)C(=O)N(C)CC(F)F. The maximum Gasteiger partial charge on any atom is 0.255 e. The van der Waals surface area contributed by atoms with Crippen molar-refractivity contribution in [3.8, 4) is 0 Å². The van der Waals surface area contributed by atoms with Crippen LogP contribution in [0.5, 0.6) is 0 Å². The van der Waals surface area contributed by atoms with Gasteiger partial charge in [-0.15, -0.1) is 0 Å². The van der Waals surface area contributed by atoms with E-state index in [9.17, 15) is 13.6 Å². The first kappa shape index (κ1) is 13.3. The van der Waals surface area contributed by atoms with Gasteiger partial charge >= 0.3 is 0 Å². The highest BCUT2D eigenvalue weighted by Gasteiger charge is 2.20. The Kier molecular flexibility index (Phi) is 5.60. The summed E-state index contributed by atoms with van der Waals surface area (Å²) in [4.78, 5) is 12.4. The van der Waals surface area contributed by atoms with E-state index < -0.39 is 24.9 Å². The van der Waals surface area contributed by atoms with Crippen LogP contribution in [0.25, 0.3) is 0 Å². The van der Waals surface area contributed by atoms with Crippen LogP contribution in [0, 0.1) is 5.92 Å². The summed E-state index contributed by atoms with van der Waals surface area (Å²) < 4.78 is 23.9. The van der Waals surface area contributed by atoms with Crippen molar-refractivity contribution in [3.63, 3.8) is 0 Å². The summed E-state index contributed by atoms with van der Waals surface area (Å²) in [5.74, 6) is -0.132. The van der Waals surface area contributed by atoms with Gasteiger partial charge in [-0.05, 0) is 12.3 Å². The molecule has 0 aliphatic rings. The van der Waals surface area contributed by atoms with Crippen molar-refractivity contribution in [2.45, 2.75) is 32.7 Å². The zero-order valence-corrected chi connectivity index (χ0v) is 8.84. The molecule has 0 fully saturated rings. The van der Waals surface area contributed by atoms with Gasteiger partial charge in [-0.3, -0.25) is 4.79 Å². The summed E-state index contributed by atoms with van der Waals surface area (Å²) in [5, 5.41) is 0. The minimum atomic E-state index is -2.50. The molecule has 0 unspecified atom stereocenters. The van der Waals surface area contributed by atoms with E-state index in [4.69, 9.17) is 5.73 Å². The fourth-order valence-electron chi connectivity index (χ4n) is 1.19. The van der Waals surface area contributed by atoms with Crippen LogP contribution < -0.4 is 5.73 Å². The number of likely N-dealkylation sites (N-methyl/N-ethyl adjacent to an activating group) is 1. The summed E-state index contributed by atoms with van der Waals surface area (Å²) >= 11 is 0. The fourth-order valence-corrected chi connectivity index (χ4v) is 1.19. The van der Waals surface area contributed by atoms with E-state index in [2.05, 4.69) is 0 Å². The van der Waals surface area contributed by atoms with E-state index in [1.54, 1.807) is 0 Å². The molecule has 5 heteroatoms. The lowest BCUT2D eigenvalue weighted by atomic mass is 10.0. The van der Waals surface area contributed by atoms with Crippen LogP contribution in [0.15, 0.2) is 0 Å². The molecule has 84 valence electrons. The molecule has 2 N–H and O–H groups in total. The van der Waals surface area contributed by atoms with Crippen LogP contribution >= 0.6 is 0 Å². The van der Waals surface area contributed by atoms with Crippen molar-refractivity contribution in [3.05, 3.63) is 0 Å². The Bertz CT molecular complexity index is 168. The van der Waals surface area contributed by atoms with Crippen LogP contribution in [-0.2, 0) is 4.79 Å². The molecule has 14 heavy (non-hydrogen) atoms. The number of halogens is 2. The lowest BCUT2D eigenvalue weighted by Crippen LogP contribution is -2.44. The molecule has 0 aliphatic heterocycles. The molecule has 0 aromatic heterocycles. The van der Waals surface area contributed by atoms with Crippen molar-refractivity contribution >= 4 is 5.91 Å². The largest absolute Gasteiger partial charge is 0.339 e. The maximum atomic E-state index is 11.9. The molecule has 3 nitrogen and oxygen atoms in total. The fraction of sp³-hybridized carbons (Fsp3) is 0.889. The Hall–Kier alpha value is -0.710. The van der Waals surface area contributed by atoms with Gasteiger partial charge in [-0.1, -0.05) is 13.8 Å². The number of alkyl halides is 2. The molecule has 0 saturated carbocycles. The number of hydrogen-bond donors (Lipinski definition) is 1. The zero-order valence-electron chi connectivity index (χ0n) is 8.84. The first-order chi connectivity index (χ1) is 6.34. The van der Waals surface area contributed by atoms with E-state index >= 15 is 0 Å². The molecular weight excluding hydrogens is 190 g/mol. The van der Waals surface area contributed by atoms with Gasteiger partial charge in [0.15, 0.2) is 0 Å². The number of carbonyl (C=O) groups is 1. The molecule has 1 amide bonds. The van der Waals surface area contributed by atoms with Crippen molar-refractivity contribution in [1.29, 1.82) is 0 Å². The van der Waals surface area contributed by atoms with Gasteiger partial charge in [-0.25, -0.2) is 8.78 Å². The first-order valence-corrected chi connectivity index (χ1v) is 4.63. The Morgan fingerprint density at radius 2 is 1.93 bits per heavy atom. The van der Waals surface area contributed by atoms with Crippen molar-refractivity contribution < 1.29 is 13.6 Å².